The Morgan fingerprint density at radius 1 is 1.06 bits per heavy atom. The normalized spacial score (nSPS) is 25.5. The zero-order valence-electron chi connectivity index (χ0n) is 18.7. The number of imidazole rings is 1. The Bertz CT molecular complexity index is 1090. The molecule has 0 radical (unpaired) electrons. The van der Waals surface area contributed by atoms with Crippen molar-refractivity contribution in [2.45, 2.75) is 89.3 Å². The molecule has 0 aromatic carbocycles. The molecule has 3 aliphatic rings. The van der Waals surface area contributed by atoms with E-state index in [0.717, 1.165) is 50.8 Å². The molecule has 0 atom stereocenters. The summed E-state index contributed by atoms with van der Waals surface area (Å²) in [6, 6.07) is 0. The van der Waals surface area contributed by atoms with Crippen molar-refractivity contribution in [3.8, 4) is 0 Å². The van der Waals surface area contributed by atoms with Crippen LogP contribution in [0.4, 0.5) is 0 Å². The van der Waals surface area contributed by atoms with Crippen LogP contribution in [-0.4, -0.2) is 54.2 Å². The molecule has 5 rings (SSSR count). The molecule has 2 bridgehead atoms. The van der Waals surface area contributed by atoms with Gasteiger partial charge in [0.25, 0.3) is 5.56 Å². The summed E-state index contributed by atoms with van der Waals surface area (Å²) < 4.78 is 2.96. The van der Waals surface area contributed by atoms with Crippen LogP contribution in [0.1, 0.15) is 71.0 Å². The molecule has 0 aliphatic heterocycles. The average Bonchev–Trinajstić information content (AvgIpc) is 3.21. The Morgan fingerprint density at radius 3 is 2.19 bits per heavy atom. The smallest absolute Gasteiger partial charge is 0.332 e. The second-order valence-electron chi connectivity index (χ2n) is 9.43. The van der Waals surface area contributed by atoms with Crippen molar-refractivity contribution in [1.29, 1.82) is 0 Å². The number of hydrogen-bond donors (Lipinski definition) is 2. The first-order chi connectivity index (χ1) is 14.8. The van der Waals surface area contributed by atoms with E-state index in [1.807, 2.05) is 25.8 Å². The maximum Gasteiger partial charge on any atom is 0.332 e. The minimum absolute atomic E-state index is 0.0535. The zero-order chi connectivity index (χ0) is 22.4. The zero-order valence-corrected chi connectivity index (χ0v) is 18.7. The molecule has 2 N–H and O–H groups in total. The molecule has 170 valence electrons. The van der Waals surface area contributed by atoms with Gasteiger partial charge in [0.2, 0.25) is 0 Å². The average molecular weight is 432 g/mol. The Hall–Kier alpha value is -2.42. The van der Waals surface area contributed by atoms with E-state index >= 15 is 0 Å². The van der Waals surface area contributed by atoms with E-state index in [9.17, 15) is 19.5 Å². The summed E-state index contributed by atoms with van der Waals surface area (Å²) in [6.07, 6.45) is 6.93. The summed E-state index contributed by atoms with van der Waals surface area (Å²) in [7, 11) is 1.91. The number of carbonyl (C=O) groups is 1. The van der Waals surface area contributed by atoms with Gasteiger partial charge in [-0.15, -0.1) is 0 Å². The van der Waals surface area contributed by atoms with E-state index in [1.54, 1.807) is 4.57 Å². The van der Waals surface area contributed by atoms with Gasteiger partial charge in [-0.1, -0.05) is 13.8 Å². The molecule has 2 aromatic heterocycles. The molecule has 2 aromatic rings. The van der Waals surface area contributed by atoms with E-state index < -0.39 is 5.97 Å². The molecule has 3 fully saturated rings. The lowest BCUT2D eigenvalue weighted by Crippen LogP contribution is -2.57. The van der Waals surface area contributed by atoms with Crippen LogP contribution in [0.15, 0.2) is 9.59 Å². The van der Waals surface area contributed by atoms with Crippen LogP contribution in [0.2, 0.25) is 0 Å². The molecule has 0 amide bonds. The SMILES string of the molecule is CCCn1c(=O)c2[nH]c(C34CCC(N(C)CC(=O)O)(CC3)CC4)nc2n(CCC)c1=O. The van der Waals surface area contributed by atoms with E-state index in [1.165, 1.54) is 4.57 Å². The Balaban J connectivity index is 1.73. The molecule has 2 heterocycles. The van der Waals surface area contributed by atoms with Crippen LogP contribution in [0.3, 0.4) is 0 Å². The molecule has 3 saturated carbocycles. The number of likely N-dealkylation sites (N-methyl/N-ethyl adjacent to an activating group) is 1. The van der Waals surface area contributed by atoms with Crippen molar-refractivity contribution in [2.75, 3.05) is 13.6 Å². The van der Waals surface area contributed by atoms with Gasteiger partial charge < -0.3 is 10.1 Å². The summed E-state index contributed by atoms with van der Waals surface area (Å²) in [5.74, 6) is 0.0149. The van der Waals surface area contributed by atoms with Gasteiger partial charge in [-0.05, 0) is 58.4 Å². The number of aromatic amines is 1. The first kappa shape index (κ1) is 21.8. The number of hydrogen-bond acceptors (Lipinski definition) is 5. The number of H-pyrrole nitrogens is 1. The fraction of sp³-hybridized carbons (Fsp3) is 0.727. The quantitative estimate of drug-likeness (QED) is 0.662. The van der Waals surface area contributed by atoms with E-state index in [0.29, 0.717) is 30.7 Å². The third-order valence-corrected chi connectivity index (χ3v) is 7.65. The summed E-state index contributed by atoms with van der Waals surface area (Å²) in [6.45, 7) is 4.94. The van der Waals surface area contributed by atoms with Crippen molar-refractivity contribution in [3.63, 3.8) is 0 Å². The molecule has 0 unspecified atom stereocenters. The third kappa shape index (κ3) is 3.43. The Kier molecular flexibility index (Phi) is 5.57. The third-order valence-electron chi connectivity index (χ3n) is 7.65. The molecular weight excluding hydrogens is 398 g/mol. The highest BCUT2D eigenvalue weighted by molar-refractivity contribution is 5.70. The fourth-order valence-corrected chi connectivity index (χ4v) is 5.73. The second kappa shape index (κ2) is 7.93. The molecule has 3 aliphatic carbocycles. The largest absolute Gasteiger partial charge is 0.480 e. The number of fused-ring (bicyclic) bond motifs is 4. The van der Waals surface area contributed by atoms with Crippen LogP contribution in [0.25, 0.3) is 11.2 Å². The lowest BCUT2D eigenvalue weighted by molar-refractivity contribution is -0.141. The number of rotatable bonds is 8. The lowest BCUT2D eigenvalue weighted by atomic mass is 9.56. The van der Waals surface area contributed by atoms with Crippen LogP contribution in [0, 0.1) is 0 Å². The Morgan fingerprint density at radius 2 is 1.65 bits per heavy atom. The molecule has 0 spiro atoms. The van der Waals surface area contributed by atoms with Gasteiger partial charge in [0.1, 0.15) is 11.3 Å². The summed E-state index contributed by atoms with van der Waals surface area (Å²) in [5.41, 5.74) is 0.129. The molecule has 0 saturated heterocycles. The lowest BCUT2D eigenvalue weighted by Gasteiger charge is -2.56. The molecular formula is C22H33N5O4. The minimum Gasteiger partial charge on any atom is -0.480 e. The van der Waals surface area contributed by atoms with Gasteiger partial charge in [-0.3, -0.25) is 23.6 Å². The number of nitrogens with one attached hydrogen (secondary N) is 1. The van der Waals surface area contributed by atoms with Crippen LogP contribution >= 0.6 is 0 Å². The standard InChI is InChI=1S/C22H33N5O4/c1-4-12-26-17-16(18(30)27(13-5-2)20(26)31)23-19(24-17)21-6-9-22(10-7-21,11-8-21)25(3)14-15(28)29/h4-14H2,1-3H3,(H,23,24)(H,28,29). The van der Waals surface area contributed by atoms with Crippen molar-refractivity contribution in [3.05, 3.63) is 26.7 Å². The van der Waals surface area contributed by atoms with E-state index in [-0.39, 0.29) is 28.7 Å². The fourth-order valence-electron chi connectivity index (χ4n) is 5.73. The first-order valence-electron chi connectivity index (χ1n) is 11.4. The first-order valence-corrected chi connectivity index (χ1v) is 11.4. The van der Waals surface area contributed by atoms with E-state index in [2.05, 4.69) is 4.98 Å². The van der Waals surface area contributed by atoms with Crippen molar-refractivity contribution < 1.29 is 9.90 Å². The van der Waals surface area contributed by atoms with Crippen LogP contribution in [0.5, 0.6) is 0 Å². The summed E-state index contributed by atoms with van der Waals surface area (Å²) >= 11 is 0. The van der Waals surface area contributed by atoms with Gasteiger partial charge in [0.15, 0.2) is 5.65 Å². The summed E-state index contributed by atoms with van der Waals surface area (Å²) in [5, 5.41) is 9.21. The number of carboxylic acids is 1. The van der Waals surface area contributed by atoms with E-state index in [4.69, 9.17) is 4.98 Å². The minimum atomic E-state index is -0.797. The number of carboxylic acid groups (broad SMARTS) is 1. The highest BCUT2D eigenvalue weighted by atomic mass is 16.4. The van der Waals surface area contributed by atoms with Crippen molar-refractivity contribution in [2.24, 2.45) is 0 Å². The van der Waals surface area contributed by atoms with Gasteiger partial charge in [0, 0.05) is 24.0 Å². The van der Waals surface area contributed by atoms with Crippen LogP contribution in [-0.2, 0) is 23.3 Å². The molecule has 31 heavy (non-hydrogen) atoms. The molecule has 9 heteroatoms. The van der Waals surface area contributed by atoms with Crippen LogP contribution < -0.4 is 11.2 Å². The summed E-state index contributed by atoms with van der Waals surface area (Å²) in [4.78, 5) is 47.4. The maximum atomic E-state index is 13.1. The Labute approximate surface area is 181 Å². The topological polar surface area (TPSA) is 113 Å². The monoisotopic (exact) mass is 431 g/mol. The highest BCUT2D eigenvalue weighted by Gasteiger charge is 2.52. The number of aryl methyl sites for hydroxylation is 1. The predicted octanol–water partition coefficient (Wildman–Crippen LogP) is 2.07. The number of aliphatic carboxylic acids is 1. The van der Waals surface area contributed by atoms with Crippen molar-refractivity contribution >= 4 is 17.1 Å². The van der Waals surface area contributed by atoms with Gasteiger partial charge >= 0.3 is 11.7 Å². The second-order valence-corrected chi connectivity index (χ2v) is 9.43. The van der Waals surface area contributed by atoms with Gasteiger partial charge in [-0.2, -0.15) is 0 Å². The number of nitrogens with zero attached hydrogens (tertiary/aromatic N) is 4. The van der Waals surface area contributed by atoms with Crippen molar-refractivity contribution in [1.82, 2.24) is 24.0 Å². The highest BCUT2D eigenvalue weighted by Crippen LogP contribution is 2.54. The predicted molar refractivity (Wildman–Crippen MR) is 118 cm³/mol. The number of aromatic nitrogens is 4. The van der Waals surface area contributed by atoms with Gasteiger partial charge in [-0.25, -0.2) is 9.78 Å². The maximum absolute atomic E-state index is 13.1. The van der Waals surface area contributed by atoms with Gasteiger partial charge in [0.05, 0.1) is 6.54 Å². The molecule has 9 nitrogen and oxygen atoms in total.